The SMILES string of the molecule is O=C(NCCCCCCCCCNC(=O)OC1CCn2ccnc21)OC1CCn2ccnc21.O=C(NCCCCCCCCNC(=O)OC1CCn2ccnc21)OC1CCn2ccnc21. The molecule has 0 saturated heterocycles. The molecule has 0 radical (unpaired) electrons. The maximum absolute atomic E-state index is 11.9. The maximum Gasteiger partial charge on any atom is 0.407 e. The van der Waals surface area contributed by atoms with Gasteiger partial charge in [-0.25, -0.2) is 39.1 Å². The van der Waals surface area contributed by atoms with Gasteiger partial charge in [-0.3, -0.25) is 0 Å². The number of carbonyl (C=O) groups excluding carboxylic acids is 4. The number of alkyl carbamates (subject to hydrolysis) is 4. The standard InChI is InChI=1S/C23H34N6O4.C22H32N6O4/c30-22(32-18-8-14-28-16-12-24-20(18)28)26-10-6-4-2-1-3-5-7-11-27-23(31)33-19-9-15-29-17-13-25-21(19)29;29-21(31-17-7-13-27-15-11-23-19(17)27)25-9-5-3-1-2-4-6-10-26-22(30)32-18-8-14-28-16-12-24-20(18)28/h12-13,16-19H,1-11,14-15H2,(H,26,30)(H,27,31);11-12,15-18H,1-10,13-14H2,(H,25,29)(H,26,30). The minimum absolute atomic E-state index is 0.233. The molecule has 4 unspecified atom stereocenters. The van der Waals surface area contributed by atoms with Crippen molar-refractivity contribution in [2.75, 3.05) is 26.2 Å². The summed E-state index contributed by atoms with van der Waals surface area (Å²) in [5, 5.41) is 11.3. The van der Waals surface area contributed by atoms with Crippen LogP contribution in [0.3, 0.4) is 0 Å². The summed E-state index contributed by atoms with van der Waals surface area (Å²) < 4.78 is 29.9. The Morgan fingerprint density at radius 2 is 0.600 bits per heavy atom. The van der Waals surface area contributed by atoms with Crippen LogP contribution in [-0.4, -0.2) is 88.8 Å². The molecular weight excluding hydrogens is 837 g/mol. The molecule has 4 N–H and O–H groups in total. The monoisotopic (exact) mass is 903 g/mol. The minimum atomic E-state index is -0.369. The van der Waals surface area contributed by atoms with Crippen molar-refractivity contribution in [3.8, 4) is 0 Å². The number of unbranched alkanes of at least 4 members (excludes halogenated alkanes) is 11. The summed E-state index contributed by atoms with van der Waals surface area (Å²) >= 11 is 0. The van der Waals surface area contributed by atoms with E-state index in [1.807, 2.05) is 43.1 Å². The average molecular weight is 903 g/mol. The molecule has 4 aromatic heterocycles. The van der Waals surface area contributed by atoms with Crippen LogP contribution < -0.4 is 21.3 Å². The van der Waals surface area contributed by atoms with E-state index in [2.05, 4.69) is 41.2 Å². The van der Waals surface area contributed by atoms with Crippen molar-refractivity contribution in [1.82, 2.24) is 59.5 Å². The number of aryl methyl sites for hydroxylation is 4. The van der Waals surface area contributed by atoms with E-state index in [9.17, 15) is 19.2 Å². The first-order valence-corrected chi connectivity index (χ1v) is 23.7. The van der Waals surface area contributed by atoms with E-state index in [-0.39, 0.29) is 48.8 Å². The molecule has 20 heteroatoms. The van der Waals surface area contributed by atoms with Gasteiger partial charge in [0.1, 0.15) is 23.3 Å². The minimum Gasteiger partial charge on any atom is -0.438 e. The first-order chi connectivity index (χ1) is 31.9. The van der Waals surface area contributed by atoms with Gasteiger partial charge in [0.25, 0.3) is 0 Å². The Morgan fingerprint density at radius 1 is 0.385 bits per heavy atom. The van der Waals surface area contributed by atoms with Gasteiger partial charge < -0.3 is 58.5 Å². The molecular formula is C45H66N12O8. The summed E-state index contributed by atoms with van der Waals surface area (Å²) in [6.45, 7) is 5.88. The van der Waals surface area contributed by atoms with Crippen LogP contribution in [0, 0.1) is 0 Å². The largest absolute Gasteiger partial charge is 0.438 e. The van der Waals surface area contributed by atoms with Gasteiger partial charge in [-0.05, 0) is 25.7 Å². The van der Waals surface area contributed by atoms with Crippen LogP contribution in [0.2, 0.25) is 0 Å². The van der Waals surface area contributed by atoms with Gasteiger partial charge in [0, 0.05) is 128 Å². The van der Waals surface area contributed by atoms with Crippen molar-refractivity contribution in [3.63, 3.8) is 0 Å². The molecule has 0 saturated carbocycles. The zero-order valence-electron chi connectivity index (χ0n) is 37.4. The van der Waals surface area contributed by atoms with E-state index in [0.29, 0.717) is 26.2 Å². The zero-order chi connectivity index (χ0) is 45.1. The highest BCUT2D eigenvalue weighted by Gasteiger charge is 2.30. The predicted octanol–water partition coefficient (Wildman–Crippen LogP) is 7.31. The number of carbonyl (C=O) groups is 4. The average Bonchev–Trinajstić information content (AvgIpc) is 4.15. The quantitative estimate of drug-likeness (QED) is 0.0425. The summed E-state index contributed by atoms with van der Waals surface area (Å²) in [4.78, 5) is 64.7. The Morgan fingerprint density at radius 3 is 0.831 bits per heavy atom. The number of rotatable bonds is 23. The third-order valence-electron chi connectivity index (χ3n) is 12.2. The third kappa shape index (κ3) is 14.2. The molecule has 4 aliphatic rings. The normalized spacial score (nSPS) is 18.6. The van der Waals surface area contributed by atoms with Crippen LogP contribution in [0.4, 0.5) is 19.2 Å². The Hall–Kier alpha value is -6.08. The fourth-order valence-corrected chi connectivity index (χ4v) is 8.72. The highest BCUT2D eigenvalue weighted by Crippen LogP contribution is 2.30. The lowest BCUT2D eigenvalue weighted by atomic mass is 10.1. The van der Waals surface area contributed by atoms with E-state index in [0.717, 1.165) is 159 Å². The molecule has 4 amide bonds. The first-order valence-electron chi connectivity index (χ1n) is 23.7. The summed E-state index contributed by atoms with van der Waals surface area (Å²) in [6, 6.07) is 0. The van der Waals surface area contributed by atoms with Gasteiger partial charge in [-0.2, -0.15) is 0 Å². The Bertz CT molecular complexity index is 1950. The summed E-state index contributed by atoms with van der Waals surface area (Å²) in [5.41, 5.74) is 0. The fourth-order valence-electron chi connectivity index (χ4n) is 8.72. The molecule has 0 aliphatic carbocycles. The van der Waals surface area contributed by atoms with E-state index < -0.39 is 0 Å². The molecule has 20 nitrogen and oxygen atoms in total. The van der Waals surface area contributed by atoms with Crippen molar-refractivity contribution >= 4 is 24.4 Å². The number of ether oxygens (including phenoxy) is 4. The number of nitrogens with zero attached hydrogens (tertiary/aromatic N) is 8. The topological polar surface area (TPSA) is 225 Å². The molecule has 0 spiro atoms. The molecule has 0 fully saturated rings. The van der Waals surface area contributed by atoms with Crippen LogP contribution in [-0.2, 0) is 45.1 Å². The van der Waals surface area contributed by atoms with Gasteiger partial charge >= 0.3 is 24.4 Å². The van der Waals surface area contributed by atoms with Gasteiger partial charge in [0.2, 0.25) is 0 Å². The zero-order valence-corrected chi connectivity index (χ0v) is 37.4. The smallest absolute Gasteiger partial charge is 0.407 e. The number of aromatic nitrogens is 8. The molecule has 4 aliphatic heterocycles. The first kappa shape index (κ1) is 46.9. The predicted molar refractivity (Wildman–Crippen MR) is 236 cm³/mol. The van der Waals surface area contributed by atoms with Crippen LogP contribution in [0.15, 0.2) is 49.6 Å². The summed E-state index contributed by atoms with van der Waals surface area (Å²) in [7, 11) is 0. The lowest BCUT2D eigenvalue weighted by Crippen LogP contribution is -2.26. The molecule has 4 atom stereocenters. The van der Waals surface area contributed by atoms with E-state index >= 15 is 0 Å². The molecule has 0 bridgehead atoms. The maximum atomic E-state index is 11.9. The van der Waals surface area contributed by atoms with E-state index in [4.69, 9.17) is 18.9 Å². The van der Waals surface area contributed by atoms with Crippen LogP contribution in [0.5, 0.6) is 0 Å². The third-order valence-corrected chi connectivity index (χ3v) is 12.2. The highest BCUT2D eigenvalue weighted by molar-refractivity contribution is 5.68. The number of hydrogen-bond donors (Lipinski definition) is 4. The Balaban J connectivity index is 0.000000194. The highest BCUT2D eigenvalue weighted by atomic mass is 16.6. The molecule has 8 rings (SSSR count). The number of fused-ring (bicyclic) bond motifs is 4. The Labute approximate surface area is 379 Å². The lowest BCUT2D eigenvalue weighted by Gasteiger charge is -2.12. The second-order valence-electron chi connectivity index (χ2n) is 16.9. The van der Waals surface area contributed by atoms with Gasteiger partial charge in [-0.1, -0.05) is 57.8 Å². The van der Waals surface area contributed by atoms with Gasteiger partial charge in [0.05, 0.1) is 0 Å². The molecule has 8 heterocycles. The number of amides is 4. The van der Waals surface area contributed by atoms with Crippen LogP contribution >= 0.6 is 0 Å². The van der Waals surface area contributed by atoms with Gasteiger partial charge in [-0.15, -0.1) is 0 Å². The Kier molecular flexibility index (Phi) is 17.9. The summed E-state index contributed by atoms with van der Waals surface area (Å²) in [5.74, 6) is 3.32. The van der Waals surface area contributed by atoms with Crippen LogP contribution in [0.25, 0.3) is 0 Å². The van der Waals surface area contributed by atoms with Crippen molar-refractivity contribution < 1.29 is 38.1 Å². The lowest BCUT2D eigenvalue weighted by molar-refractivity contribution is 0.0953. The number of nitrogens with one attached hydrogen (secondary N) is 4. The van der Waals surface area contributed by atoms with Crippen LogP contribution in [0.1, 0.15) is 157 Å². The van der Waals surface area contributed by atoms with Crippen molar-refractivity contribution in [2.24, 2.45) is 0 Å². The summed E-state index contributed by atoms with van der Waals surface area (Å²) in [6.07, 6.45) is 29.0. The second-order valence-corrected chi connectivity index (χ2v) is 16.9. The van der Waals surface area contributed by atoms with E-state index in [1.54, 1.807) is 24.8 Å². The van der Waals surface area contributed by atoms with Crippen molar-refractivity contribution in [1.29, 1.82) is 0 Å². The molecule has 4 aromatic rings. The van der Waals surface area contributed by atoms with Gasteiger partial charge in [0.15, 0.2) is 24.4 Å². The van der Waals surface area contributed by atoms with Crippen molar-refractivity contribution in [2.45, 2.75) is 160 Å². The molecule has 0 aromatic carbocycles. The molecule has 354 valence electrons. The fraction of sp³-hybridized carbons (Fsp3) is 0.644. The molecule has 65 heavy (non-hydrogen) atoms. The van der Waals surface area contributed by atoms with Crippen molar-refractivity contribution in [3.05, 3.63) is 72.9 Å². The number of imidazole rings is 4. The second kappa shape index (κ2) is 24.8. The van der Waals surface area contributed by atoms with E-state index in [1.165, 1.54) is 0 Å². The number of hydrogen-bond acceptors (Lipinski definition) is 12.